The summed E-state index contributed by atoms with van der Waals surface area (Å²) < 4.78 is 0. The molecule has 0 saturated carbocycles. The Morgan fingerprint density at radius 2 is 2.06 bits per heavy atom. The van der Waals surface area contributed by atoms with Crippen molar-refractivity contribution in [3.63, 3.8) is 0 Å². The van der Waals surface area contributed by atoms with E-state index in [4.69, 9.17) is 0 Å². The van der Waals surface area contributed by atoms with Crippen molar-refractivity contribution in [2.45, 2.75) is 46.4 Å². The van der Waals surface area contributed by atoms with Crippen LogP contribution in [0.5, 0.6) is 0 Å². The minimum Gasteiger partial charge on any atom is -0.392 e. The van der Waals surface area contributed by atoms with Crippen LogP contribution < -0.4 is 0 Å². The number of nitrogens with zero attached hydrogens (tertiary/aromatic N) is 2. The summed E-state index contributed by atoms with van der Waals surface area (Å²) in [4.78, 5) is 6.62. The number of aromatic nitrogens is 1. The van der Waals surface area contributed by atoms with Crippen LogP contribution in [0.25, 0.3) is 0 Å². The Bertz CT molecular complexity index is 323. The van der Waals surface area contributed by atoms with Crippen molar-refractivity contribution >= 4 is 0 Å². The van der Waals surface area contributed by atoms with Crippen LogP contribution in [0.3, 0.4) is 0 Å². The highest BCUT2D eigenvalue weighted by atomic mass is 16.3. The smallest absolute Gasteiger partial charge is 0.0639 e. The van der Waals surface area contributed by atoms with Crippen LogP contribution in [-0.4, -0.2) is 33.7 Å². The van der Waals surface area contributed by atoms with E-state index in [0.717, 1.165) is 12.2 Å². The number of aryl methyl sites for hydroxylation is 1. The van der Waals surface area contributed by atoms with Gasteiger partial charge in [-0.15, -0.1) is 0 Å². The minimum atomic E-state index is -0.300. The molecule has 0 fully saturated rings. The maximum absolute atomic E-state index is 9.46. The van der Waals surface area contributed by atoms with Crippen LogP contribution in [-0.2, 0) is 6.54 Å². The molecule has 1 rings (SSSR count). The summed E-state index contributed by atoms with van der Waals surface area (Å²) >= 11 is 0. The van der Waals surface area contributed by atoms with Gasteiger partial charge in [-0.1, -0.05) is 6.07 Å². The van der Waals surface area contributed by atoms with Crippen LogP contribution >= 0.6 is 0 Å². The van der Waals surface area contributed by atoms with Crippen molar-refractivity contribution < 1.29 is 5.11 Å². The number of aliphatic hydroxyl groups excluding tert-OH is 1. The van der Waals surface area contributed by atoms with E-state index in [1.54, 1.807) is 0 Å². The monoisotopic (exact) mass is 222 g/mol. The van der Waals surface area contributed by atoms with Crippen molar-refractivity contribution in [1.29, 1.82) is 0 Å². The summed E-state index contributed by atoms with van der Waals surface area (Å²) in [6.07, 6.45) is 1.52. The molecular formula is C13H22N2O. The van der Waals surface area contributed by atoms with E-state index >= 15 is 0 Å². The highest BCUT2D eigenvalue weighted by molar-refractivity contribution is 5.17. The number of hydrogen-bond acceptors (Lipinski definition) is 3. The van der Waals surface area contributed by atoms with Crippen LogP contribution in [0.15, 0.2) is 18.3 Å². The van der Waals surface area contributed by atoms with E-state index in [0.29, 0.717) is 12.6 Å². The molecule has 0 aliphatic heterocycles. The Kier molecular flexibility index (Phi) is 4.90. The number of rotatable bonds is 5. The van der Waals surface area contributed by atoms with Gasteiger partial charge in [-0.2, -0.15) is 0 Å². The third kappa shape index (κ3) is 3.91. The lowest BCUT2D eigenvalue weighted by Gasteiger charge is -2.27. The molecule has 1 atom stereocenters. The first kappa shape index (κ1) is 13.1. The summed E-state index contributed by atoms with van der Waals surface area (Å²) in [5, 5.41) is 9.46. The highest BCUT2D eigenvalue weighted by Gasteiger charge is 2.13. The van der Waals surface area contributed by atoms with Gasteiger partial charge in [0.05, 0.1) is 11.8 Å². The minimum absolute atomic E-state index is 0.300. The molecule has 0 bridgehead atoms. The molecule has 0 radical (unpaired) electrons. The van der Waals surface area contributed by atoms with Gasteiger partial charge < -0.3 is 5.11 Å². The second-order valence-corrected chi connectivity index (χ2v) is 4.64. The maximum atomic E-state index is 9.46. The summed E-state index contributed by atoms with van der Waals surface area (Å²) in [6, 6.07) is 4.44. The van der Waals surface area contributed by atoms with Gasteiger partial charge in [0.1, 0.15) is 0 Å². The van der Waals surface area contributed by atoms with Gasteiger partial charge in [-0.05, 0) is 39.3 Å². The summed E-state index contributed by atoms with van der Waals surface area (Å²) in [7, 11) is 0. The molecule has 1 aromatic heterocycles. The Labute approximate surface area is 98.1 Å². The average molecular weight is 222 g/mol. The Hall–Kier alpha value is -0.930. The Morgan fingerprint density at radius 3 is 2.56 bits per heavy atom. The van der Waals surface area contributed by atoms with Crippen LogP contribution in [0.4, 0.5) is 0 Å². The lowest BCUT2D eigenvalue weighted by molar-refractivity contribution is 0.102. The van der Waals surface area contributed by atoms with Crippen LogP contribution in [0, 0.1) is 6.92 Å². The zero-order valence-electron chi connectivity index (χ0n) is 10.6. The zero-order valence-corrected chi connectivity index (χ0v) is 10.6. The van der Waals surface area contributed by atoms with Gasteiger partial charge in [-0.25, -0.2) is 0 Å². The van der Waals surface area contributed by atoms with E-state index in [-0.39, 0.29) is 6.10 Å². The molecule has 0 amide bonds. The summed E-state index contributed by atoms with van der Waals surface area (Å²) in [5.41, 5.74) is 2.30. The third-order valence-corrected chi connectivity index (χ3v) is 2.70. The van der Waals surface area contributed by atoms with Crippen LogP contribution in [0.2, 0.25) is 0 Å². The molecule has 0 aliphatic carbocycles. The van der Waals surface area contributed by atoms with Crippen molar-refractivity contribution in [3.05, 3.63) is 29.6 Å². The van der Waals surface area contributed by atoms with Gasteiger partial charge in [0.25, 0.3) is 0 Å². The number of aliphatic hydroxyl groups is 1. The first-order valence-corrected chi connectivity index (χ1v) is 5.83. The van der Waals surface area contributed by atoms with E-state index in [2.05, 4.69) is 36.7 Å². The normalized spacial score (nSPS) is 13.4. The standard InChI is InChI=1S/C13H22N2O/c1-10(2)15(8-12(4)16)9-13-11(3)6-5-7-14-13/h5-7,10,12,16H,8-9H2,1-4H3. The van der Waals surface area contributed by atoms with Crippen molar-refractivity contribution in [3.8, 4) is 0 Å². The summed E-state index contributed by atoms with van der Waals surface area (Å²) in [5.74, 6) is 0. The molecule has 0 spiro atoms. The first-order chi connectivity index (χ1) is 7.50. The maximum Gasteiger partial charge on any atom is 0.0639 e. The van der Waals surface area contributed by atoms with E-state index in [1.165, 1.54) is 5.56 Å². The van der Waals surface area contributed by atoms with Crippen molar-refractivity contribution in [1.82, 2.24) is 9.88 Å². The SMILES string of the molecule is Cc1cccnc1CN(CC(C)O)C(C)C. The van der Waals surface area contributed by atoms with Gasteiger partial charge in [-0.3, -0.25) is 9.88 Å². The van der Waals surface area contributed by atoms with E-state index < -0.39 is 0 Å². The molecule has 1 aromatic rings. The fraction of sp³-hybridized carbons (Fsp3) is 0.615. The largest absolute Gasteiger partial charge is 0.392 e. The molecule has 90 valence electrons. The molecule has 3 nitrogen and oxygen atoms in total. The zero-order chi connectivity index (χ0) is 12.1. The summed E-state index contributed by atoms with van der Waals surface area (Å²) in [6.45, 7) is 9.66. The predicted octanol–water partition coefficient (Wildman–Crippen LogP) is 1.98. The molecule has 3 heteroatoms. The molecule has 1 unspecified atom stereocenters. The van der Waals surface area contributed by atoms with Crippen LogP contribution in [0.1, 0.15) is 32.0 Å². The van der Waals surface area contributed by atoms with Gasteiger partial charge in [0.15, 0.2) is 0 Å². The van der Waals surface area contributed by atoms with Crippen molar-refractivity contribution in [2.24, 2.45) is 0 Å². The molecule has 0 aliphatic rings. The predicted molar refractivity (Wildman–Crippen MR) is 66.2 cm³/mol. The highest BCUT2D eigenvalue weighted by Crippen LogP contribution is 2.10. The average Bonchev–Trinajstić information content (AvgIpc) is 2.19. The Morgan fingerprint density at radius 1 is 1.38 bits per heavy atom. The third-order valence-electron chi connectivity index (χ3n) is 2.70. The second-order valence-electron chi connectivity index (χ2n) is 4.64. The molecule has 16 heavy (non-hydrogen) atoms. The van der Waals surface area contributed by atoms with E-state index in [1.807, 2.05) is 19.2 Å². The second kappa shape index (κ2) is 5.97. The number of pyridine rings is 1. The molecule has 0 saturated heterocycles. The van der Waals surface area contributed by atoms with Crippen molar-refractivity contribution in [2.75, 3.05) is 6.54 Å². The quantitative estimate of drug-likeness (QED) is 0.827. The fourth-order valence-corrected chi connectivity index (χ4v) is 1.67. The van der Waals surface area contributed by atoms with E-state index in [9.17, 15) is 5.11 Å². The topological polar surface area (TPSA) is 36.4 Å². The Balaban J connectivity index is 2.72. The molecule has 1 heterocycles. The van der Waals surface area contributed by atoms with Gasteiger partial charge >= 0.3 is 0 Å². The van der Waals surface area contributed by atoms with Gasteiger partial charge in [0.2, 0.25) is 0 Å². The molecule has 1 N–H and O–H groups in total. The molecule has 0 aromatic carbocycles. The molecular weight excluding hydrogens is 200 g/mol. The lowest BCUT2D eigenvalue weighted by Crippen LogP contribution is -2.36. The number of hydrogen-bond donors (Lipinski definition) is 1. The fourth-order valence-electron chi connectivity index (χ4n) is 1.67. The first-order valence-electron chi connectivity index (χ1n) is 5.83. The van der Waals surface area contributed by atoms with Gasteiger partial charge in [0, 0.05) is 25.3 Å². The lowest BCUT2D eigenvalue weighted by atomic mass is 10.2.